The average molecular weight is 309 g/mol. The number of nitrogens with zero attached hydrogens (tertiary/aromatic N) is 1. The second-order valence-electron chi connectivity index (χ2n) is 6.58. The van der Waals surface area contributed by atoms with Crippen LogP contribution < -0.4 is 15.8 Å². The van der Waals surface area contributed by atoms with E-state index in [2.05, 4.69) is 4.90 Å². The summed E-state index contributed by atoms with van der Waals surface area (Å²) in [6.45, 7) is 1.01. The van der Waals surface area contributed by atoms with Crippen LogP contribution in [0.3, 0.4) is 0 Å². The highest BCUT2D eigenvalue weighted by molar-refractivity contribution is 7.89. The molecular weight excluding hydrogens is 286 g/mol. The Morgan fingerprint density at radius 2 is 2.05 bits per heavy atom. The van der Waals surface area contributed by atoms with Gasteiger partial charge in [0.1, 0.15) is 4.90 Å². The lowest BCUT2D eigenvalue weighted by molar-refractivity contribution is 0.337. The monoisotopic (exact) mass is 309 g/mol. The molecule has 2 aliphatic rings. The van der Waals surface area contributed by atoms with Crippen LogP contribution in [0.1, 0.15) is 25.7 Å². The molecule has 0 radical (unpaired) electrons. The van der Waals surface area contributed by atoms with Gasteiger partial charge in [-0.25, -0.2) is 13.6 Å². The zero-order valence-corrected chi connectivity index (χ0v) is 13.1. The predicted octanol–water partition coefficient (Wildman–Crippen LogP) is 1.79. The number of primary sulfonamides is 1. The fourth-order valence-corrected chi connectivity index (χ4v) is 4.73. The molecule has 0 spiro atoms. The standard InChI is InChI=1S/C15H23N3O2S/c1-18(9-12-7-10-2-3-11(12)6-10)13-4-5-15(14(16)8-13)21(17,19)20/h4-5,8,10-12H,2-3,6-7,9,16H2,1H3,(H2,17,19,20). The van der Waals surface area contributed by atoms with E-state index >= 15 is 0 Å². The summed E-state index contributed by atoms with van der Waals surface area (Å²) in [5, 5.41) is 5.14. The molecule has 3 rings (SSSR count). The number of hydrogen-bond acceptors (Lipinski definition) is 4. The maximum atomic E-state index is 11.4. The highest BCUT2D eigenvalue weighted by Gasteiger charge is 2.39. The van der Waals surface area contributed by atoms with Crippen molar-refractivity contribution >= 4 is 21.4 Å². The number of sulfonamides is 1. The third kappa shape index (κ3) is 2.87. The fraction of sp³-hybridized carbons (Fsp3) is 0.600. The van der Waals surface area contributed by atoms with Crippen molar-refractivity contribution in [3.05, 3.63) is 18.2 Å². The molecule has 21 heavy (non-hydrogen) atoms. The predicted molar refractivity (Wildman–Crippen MR) is 84.4 cm³/mol. The topological polar surface area (TPSA) is 89.4 Å². The Hall–Kier alpha value is -1.27. The summed E-state index contributed by atoms with van der Waals surface area (Å²) in [5.41, 5.74) is 6.99. The van der Waals surface area contributed by atoms with Gasteiger partial charge in [0, 0.05) is 19.3 Å². The van der Waals surface area contributed by atoms with Crippen molar-refractivity contribution in [1.29, 1.82) is 0 Å². The van der Waals surface area contributed by atoms with Gasteiger partial charge in [0.15, 0.2) is 0 Å². The molecule has 0 aromatic heterocycles. The first-order valence-corrected chi connectivity index (χ1v) is 9.02. The first-order valence-electron chi connectivity index (χ1n) is 7.48. The second kappa shape index (κ2) is 5.18. The summed E-state index contributed by atoms with van der Waals surface area (Å²) in [7, 11) is -1.71. The second-order valence-corrected chi connectivity index (χ2v) is 8.11. The van der Waals surface area contributed by atoms with E-state index < -0.39 is 10.0 Å². The summed E-state index contributed by atoms with van der Waals surface area (Å²) >= 11 is 0. The van der Waals surface area contributed by atoms with Gasteiger partial charge in [-0.05, 0) is 55.2 Å². The quantitative estimate of drug-likeness (QED) is 0.830. The zero-order chi connectivity index (χ0) is 15.2. The molecule has 2 bridgehead atoms. The van der Waals surface area contributed by atoms with Crippen LogP contribution in [0, 0.1) is 17.8 Å². The van der Waals surface area contributed by atoms with Crippen molar-refractivity contribution in [3.8, 4) is 0 Å². The van der Waals surface area contributed by atoms with Crippen LogP contribution in [-0.2, 0) is 10.0 Å². The van der Waals surface area contributed by atoms with Crippen LogP contribution in [0.15, 0.2) is 23.1 Å². The van der Waals surface area contributed by atoms with Crippen LogP contribution in [-0.4, -0.2) is 22.0 Å². The first kappa shape index (κ1) is 14.7. The van der Waals surface area contributed by atoms with Gasteiger partial charge in [-0.2, -0.15) is 0 Å². The Balaban J connectivity index is 1.73. The third-order valence-corrected chi connectivity index (χ3v) is 6.12. The molecule has 5 nitrogen and oxygen atoms in total. The molecule has 6 heteroatoms. The molecule has 2 fully saturated rings. The number of benzene rings is 1. The van der Waals surface area contributed by atoms with Crippen LogP contribution in [0.5, 0.6) is 0 Å². The van der Waals surface area contributed by atoms with Crippen molar-refractivity contribution in [3.63, 3.8) is 0 Å². The Morgan fingerprint density at radius 3 is 2.57 bits per heavy atom. The molecule has 3 unspecified atom stereocenters. The number of fused-ring (bicyclic) bond motifs is 2. The highest BCUT2D eigenvalue weighted by atomic mass is 32.2. The molecule has 1 aromatic carbocycles. The van der Waals surface area contributed by atoms with Gasteiger partial charge in [-0.3, -0.25) is 0 Å². The lowest BCUT2D eigenvalue weighted by Gasteiger charge is -2.28. The molecule has 0 heterocycles. The minimum absolute atomic E-state index is 0.000395. The molecule has 4 N–H and O–H groups in total. The molecule has 3 atom stereocenters. The third-order valence-electron chi connectivity index (χ3n) is 5.13. The van der Waals surface area contributed by atoms with E-state index in [0.717, 1.165) is 30.0 Å². The van der Waals surface area contributed by atoms with Gasteiger partial charge in [0.05, 0.1) is 5.69 Å². The van der Waals surface area contributed by atoms with Gasteiger partial charge in [-0.15, -0.1) is 0 Å². The van der Waals surface area contributed by atoms with Crippen molar-refractivity contribution in [2.75, 3.05) is 24.2 Å². The lowest BCUT2D eigenvalue weighted by Crippen LogP contribution is -2.28. The molecule has 1 aromatic rings. The van der Waals surface area contributed by atoms with Crippen molar-refractivity contribution in [1.82, 2.24) is 0 Å². The van der Waals surface area contributed by atoms with Crippen LogP contribution in [0.25, 0.3) is 0 Å². The number of rotatable bonds is 4. The molecule has 2 saturated carbocycles. The summed E-state index contributed by atoms with van der Waals surface area (Å²) < 4.78 is 22.8. The summed E-state index contributed by atoms with van der Waals surface area (Å²) in [6.07, 6.45) is 5.50. The molecule has 2 aliphatic carbocycles. The van der Waals surface area contributed by atoms with Crippen LogP contribution >= 0.6 is 0 Å². The molecule has 0 amide bonds. The summed E-state index contributed by atoms with van der Waals surface area (Å²) in [6, 6.07) is 4.98. The van der Waals surface area contributed by atoms with E-state index in [1.165, 1.54) is 31.7 Å². The SMILES string of the molecule is CN(CC1CC2CCC1C2)c1ccc(S(N)(=O)=O)c(N)c1. The first-order chi connectivity index (χ1) is 9.84. The number of hydrogen-bond donors (Lipinski definition) is 2. The van der Waals surface area contributed by atoms with E-state index in [4.69, 9.17) is 10.9 Å². The minimum Gasteiger partial charge on any atom is -0.398 e. The van der Waals surface area contributed by atoms with E-state index in [1.807, 2.05) is 7.05 Å². The van der Waals surface area contributed by atoms with Crippen LogP contribution in [0.2, 0.25) is 0 Å². The number of nitrogen functional groups attached to an aromatic ring is 1. The maximum absolute atomic E-state index is 11.4. The van der Waals surface area contributed by atoms with Gasteiger partial charge < -0.3 is 10.6 Å². The van der Waals surface area contributed by atoms with E-state index in [1.54, 1.807) is 12.1 Å². The van der Waals surface area contributed by atoms with Gasteiger partial charge in [0.25, 0.3) is 0 Å². The molecule has 0 saturated heterocycles. The maximum Gasteiger partial charge on any atom is 0.240 e. The van der Waals surface area contributed by atoms with Gasteiger partial charge in [-0.1, -0.05) is 6.42 Å². The Labute approximate surface area is 126 Å². The largest absolute Gasteiger partial charge is 0.398 e. The Kier molecular flexibility index (Phi) is 3.61. The Bertz CT molecular complexity index is 644. The van der Waals surface area contributed by atoms with E-state index in [0.29, 0.717) is 0 Å². The van der Waals surface area contributed by atoms with E-state index in [-0.39, 0.29) is 10.6 Å². The smallest absolute Gasteiger partial charge is 0.240 e. The van der Waals surface area contributed by atoms with E-state index in [9.17, 15) is 8.42 Å². The molecule has 116 valence electrons. The zero-order valence-electron chi connectivity index (χ0n) is 12.3. The Morgan fingerprint density at radius 1 is 1.29 bits per heavy atom. The van der Waals surface area contributed by atoms with Crippen molar-refractivity contribution < 1.29 is 8.42 Å². The number of anilines is 2. The minimum atomic E-state index is -3.75. The van der Waals surface area contributed by atoms with Crippen molar-refractivity contribution in [2.24, 2.45) is 22.9 Å². The summed E-state index contributed by atoms with van der Waals surface area (Å²) in [4.78, 5) is 2.17. The lowest BCUT2D eigenvalue weighted by atomic mass is 9.88. The van der Waals surface area contributed by atoms with Gasteiger partial charge >= 0.3 is 0 Å². The van der Waals surface area contributed by atoms with Crippen molar-refractivity contribution in [2.45, 2.75) is 30.6 Å². The number of nitrogens with two attached hydrogens (primary N) is 2. The molecular formula is C15H23N3O2S. The van der Waals surface area contributed by atoms with Crippen LogP contribution in [0.4, 0.5) is 11.4 Å². The van der Waals surface area contributed by atoms with Gasteiger partial charge in [0.2, 0.25) is 10.0 Å². The normalized spacial score (nSPS) is 28.0. The average Bonchev–Trinajstić information content (AvgIpc) is 2.99. The fourth-order valence-electron chi connectivity index (χ4n) is 4.09. The highest BCUT2D eigenvalue weighted by Crippen LogP contribution is 2.48. The molecule has 0 aliphatic heterocycles. The summed E-state index contributed by atoms with van der Waals surface area (Å²) in [5.74, 6) is 2.56.